The maximum atomic E-state index is 14.4. The second-order valence-corrected chi connectivity index (χ2v) is 14.9. The van der Waals surface area contributed by atoms with Crippen molar-refractivity contribution in [3.05, 3.63) is 30.4 Å². The van der Waals surface area contributed by atoms with Gasteiger partial charge in [-0.2, -0.15) is 0 Å². The van der Waals surface area contributed by atoms with E-state index >= 15 is 0 Å². The Bertz CT molecular complexity index is 1540. The van der Waals surface area contributed by atoms with Gasteiger partial charge in [0.15, 0.2) is 29.6 Å². The highest BCUT2D eigenvalue weighted by molar-refractivity contribution is 6.00. The lowest BCUT2D eigenvalue weighted by Crippen LogP contribution is -2.60. The minimum Gasteiger partial charge on any atom is -0.461 e. The maximum absolute atomic E-state index is 14.4. The number of ketones is 2. The van der Waals surface area contributed by atoms with Gasteiger partial charge in [0.2, 0.25) is 0 Å². The number of carbonyl (C=O) groups excluding carboxylic acids is 6. The molecule has 0 N–H and O–H groups in total. The van der Waals surface area contributed by atoms with E-state index in [4.69, 9.17) is 33.2 Å². The molecule has 3 heterocycles. The summed E-state index contributed by atoms with van der Waals surface area (Å²) in [6.07, 6.45) is 0.188. The summed E-state index contributed by atoms with van der Waals surface area (Å²) in [5.74, 6) is -6.47. The number of carbonyl (C=O) groups is 6. The van der Waals surface area contributed by atoms with Crippen molar-refractivity contribution < 1.29 is 61.9 Å². The van der Waals surface area contributed by atoms with Crippen molar-refractivity contribution in [1.82, 2.24) is 14.5 Å². The Morgan fingerprint density at radius 1 is 1.06 bits per heavy atom. The van der Waals surface area contributed by atoms with Crippen LogP contribution in [0.1, 0.15) is 81.6 Å². The minimum atomic E-state index is -1.80. The van der Waals surface area contributed by atoms with Crippen LogP contribution in [0.4, 0.5) is 4.79 Å². The zero-order chi connectivity index (χ0) is 40.7. The molecule has 16 nitrogen and oxygen atoms in total. The SMILES string of the molecule is CC[C@H]1OC(=O)[C@H](C)C(=O)[C@H](C)[C@@H](OC2O[C@H](C)C[C@H](N(C)C)[C@H]2OC(C)=O)[C@@](C)(OC)C[C@@H](C)C(=O)/C(COC(C)=O)=C/[C@]1(C)OC(=O)n1ccnc1. The zero-order valence-electron chi connectivity index (χ0n) is 33.5. The summed E-state index contributed by atoms with van der Waals surface area (Å²) in [5.41, 5.74) is -3.24. The summed E-state index contributed by atoms with van der Waals surface area (Å²) in [6, 6.07) is -0.312. The van der Waals surface area contributed by atoms with Crippen LogP contribution in [0, 0.1) is 17.8 Å². The molecule has 0 aromatic carbocycles. The highest BCUT2D eigenvalue weighted by atomic mass is 16.7. The van der Waals surface area contributed by atoms with Gasteiger partial charge in [-0.25, -0.2) is 14.3 Å². The lowest BCUT2D eigenvalue weighted by Gasteiger charge is -2.47. The number of hydrogen-bond donors (Lipinski definition) is 0. The van der Waals surface area contributed by atoms with Gasteiger partial charge in [0.05, 0.1) is 23.9 Å². The quantitative estimate of drug-likeness (QED) is 0.201. The second-order valence-electron chi connectivity index (χ2n) is 14.9. The van der Waals surface area contributed by atoms with Crippen molar-refractivity contribution in [3.63, 3.8) is 0 Å². The summed E-state index contributed by atoms with van der Waals surface area (Å²) < 4.78 is 43.0. The number of cyclic esters (lactones) is 1. The first-order valence-electron chi connectivity index (χ1n) is 18.2. The van der Waals surface area contributed by atoms with E-state index in [1.807, 2.05) is 25.9 Å². The van der Waals surface area contributed by atoms with Gasteiger partial charge in [-0.05, 0) is 67.1 Å². The Morgan fingerprint density at radius 3 is 2.26 bits per heavy atom. The molecule has 16 heteroatoms. The summed E-state index contributed by atoms with van der Waals surface area (Å²) >= 11 is 0. The zero-order valence-corrected chi connectivity index (χ0v) is 33.5. The van der Waals surface area contributed by atoms with E-state index in [-0.39, 0.29) is 30.6 Å². The summed E-state index contributed by atoms with van der Waals surface area (Å²) in [4.78, 5) is 86.1. The van der Waals surface area contributed by atoms with Crippen LogP contribution in [0.2, 0.25) is 0 Å². The van der Waals surface area contributed by atoms with Crippen LogP contribution in [0.5, 0.6) is 0 Å². The van der Waals surface area contributed by atoms with E-state index in [9.17, 15) is 28.8 Å². The molecule has 1 fully saturated rings. The van der Waals surface area contributed by atoms with Crippen molar-refractivity contribution in [1.29, 1.82) is 0 Å². The standard InChI is InChI=1S/C38H57N3O13/c1-13-29-37(8,54-36(47)41-15-14-39-20-41)18-27(19-49-25(6)42)30(44)21(2)17-38(9,48-12)33(23(4)31(45)24(5)34(46)52-29)53-35-32(51-26(7)43)28(40(10)11)16-22(3)50-35/h14-15,18,20-24,28-29,32-33,35H,13,16-17,19H2,1-12H3/b27-18+/t21-,22-,23+,24-,28+,29-,32-,33-,35?,37+,38+/m1/s1. The first kappa shape index (κ1) is 44.4. The van der Waals surface area contributed by atoms with Gasteiger partial charge in [0.1, 0.15) is 25.0 Å². The highest BCUT2D eigenvalue weighted by Crippen LogP contribution is 2.38. The number of rotatable bonds is 9. The molecule has 302 valence electrons. The number of esters is 3. The van der Waals surface area contributed by atoms with Crippen LogP contribution in [0.15, 0.2) is 30.4 Å². The number of aromatic nitrogens is 2. The maximum Gasteiger partial charge on any atom is 0.420 e. The first-order valence-corrected chi connectivity index (χ1v) is 18.2. The molecule has 0 saturated carbocycles. The summed E-state index contributed by atoms with van der Waals surface area (Å²) in [6.45, 7) is 13.3. The smallest absolute Gasteiger partial charge is 0.420 e. The third kappa shape index (κ3) is 10.6. The lowest BCUT2D eigenvalue weighted by atomic mass is 9.76. The average molecular weight is 764 g/mol. The predicted octanol–water partition coefficient (Wildman–Crippen LogP) is 3.68. The molecular weight excluding hydrogens is 706 g/mol. The fourth-order valence-electron chi connectivity index (χ4n) is 7.24. The van der Waals surface area contributed by atoms with Crippen LogP contribution in [0.25, 0.3) is 0 Å². The van der Waals surface area contributed by atoms with Crippen molar-refractivity contribution >= 4 is 35.6 Å². The Labute approximate surface area is 317 Å². The number of Topliss-reactive ketones (excluding diaryl/α,β-unsaturated/α-hetero) is 2. The Balaban J connectivity index is 2.22. The molecule has 2 aliphatic rings. The first-order chi connectivity index (χ1) is 25.2. The number of hydrogen-bond acceptors (Lipinski definition) is 15. The highest BCUT2D eigenvalue weighted by Gasteiger charge is 2.51. The van der Waals surface area contributed by atoms with E-state index in [1.165, 1.54) is 59.6 Å². The van der Waals surface area contributed by atoms with E-state index < -0.39 is 95.7 Å². The summed E-state index contributed by atoms with van der Waals surface area (Å²) in [7, 11) is 5.10. The van der Waals surface area contributed by atoms with E-state index in [2.05, 4.69) is 4.98 Å². The second kappa shape index (κ2) is 18.6. The van der Waals surface area contributed by atoms with Crippen LogP contribution < -0.4 is 0 Å². The third-order valence-electron chi connectivity index (χ3n) is 10.2. The topological polar surface area (TPSA) is 188 Å². The van der Waals surface area contributed by atoms with E-state index in [1.54, 1.807) is 27.7 Å². The molecule has 0 radical (unpaired) electrons. The van der Waals surface area contributed by atoms with Gasteiger partial charge < -0.3 is 38.1 Å². The molecule has 2 aliphatic heterocycles. The monoisotopic (exact) mass is 763 g/mol. The van der Waals surface area contributed by atoms with Crippen LogP contribution >= 0.6 is 0 Å². The van der Waals surface area contributed by atoms with Crippen molar-refractivity contribution in [2.75, 3.05) is 27.8 Å². The largest absolute Gasteiger partial charge is 0.461 e. The Hall–Kier alpha value is -3.99. The predicted molar refractivity (Wildman–Crippen MR) is 192 cm³/mol. The van der Waals surface area contributed by atoms with Crippen LogP contribution in [-0.2, 0) is 57.1 Å². The molecular formula is C38H57N3O13. The van der Waals surface area contributed by atoms with Gasteiger partial charge in [0.25, 0.3) is 0 Å². The number of imidazole rings is 1. The number of methoxy groups -OCH3 is 1. The fourth-order valence-corrected chi connectivity index (χ4v) is 7.24. The Morgan fingerprint density at radius 2 is 1.72 bits per heavy atom. The normalized spacial score (nSPS) is 35.3. The lowest BCUT2D eigenvalue weighted by molar-refractivity contribution is -0.297. The molecule has 1 aromatic heterocycles. The van der Waals surface area contributed by atoms with Gasteiger partial charge in [-0.3, -0.25) is 24.0 Å². The third-order valence-corrected chi connectivity index (χ3v) is 10.2. The van der Waals surface area contributed by atoms with Gasteiger partial charge in [-0.15, -0.1) is 0 Å². The number of nitrogens with zero attached hydrogens (tertiary/aromatic N) is 3. The molecule has 54 heavy (non-hydrogen) atoms. The molecule has 0 bridgehead atoms. The molecule has 0 amide bonds. The van der Waals surface area contributed by atoms with Crippen molar-refractivity contribution in [2.24, 2.45) is 17.8 Å². The van der Waals surface area contributed by atoms with Crippen LogP contribution in [-0.4, -0.2) is 126 Å². The number of likely N-dealkylation sites (N-methyl/N-ethyl adjacent to an activating group) is 1. The van der Waals surface area contributed by atoms with Gasteiger partial charge in [-0.1, -0.05) is 20.8 Å². The average Bonchev–Trinajstić information content (AvgIpc) is 3.65. The van der Waals surface area contributed by atoms with Crippen molar-refractivity contribution in [2.45, 2.75) is 130 Å². The molecule has 1 saturated heterocycles. The van der Waals surface area contributed by atoms with Gasteiger partial charge >= 0.3 is 24.0 Å². The molecule has 1 unspecified atom stereocenters. The molecule has 11 atom stereocenters. The van der Waals surface area contributed by atoms with Crippen LogP contribution in [0.3, 0.4) is 0 Å². The minimum absolute atomic E-state index is 0.0357. The molecule has 1 aromatic rings. The van der Waals surface area contributed by atoms with Gasteiger partial charge in [0, 0.05) is 50.8 Å². The van der Waals surface area contributed by atoms with E-state index in [0.717, 1.165) is 4.57 Å². The summed E-state index contributed by atoms with van der Waals surface area (Å²) in [5, 5.41) is 0. The molecule has 0 spiro atoms. The fraction of sp³-hybridized carbons (Fsp3) is 0.711. The number of ether oxygens (including phenoxy) is 7. The Kier molecular flexibility index (Phi) is 15.3. The van der Waals surface area contributed by atoms with E-state index in [0.29, 0.717) is 6.42 Å². The molecule has 0 aliphatic carbocycles. The molecule has 3 rings (SSSR count). The van der Waals surface area contributed by atoms with Crippen molar-refractivity contribution in [3.8, 4) is 0 Å².